The maximum Gasteiger partial charge on any atom is 0.430 e. The molecule has 1 fully saturated rings. The Bertz CT molecular complexity index is 384. The van der Waals surface area contributed by atoms with Gasteiger partial charge in [0.15, 0.2) is 0 Å². The van der Waals surface area contributed by atoms with Crippen LogP contribution in [0.25, 0.3) is 0 Å². The van der Waals surface area contributed by atoms with Crippen LogP contribution < -0.4 is 0 Å². The Morgan fingerprint density at radius 2 is 2.13 bits per heavy atom. The van der Waals surface area contributed by atoms with Crippen molar-refractivity contribution in [2.75, 3.05) is 13.2 Å². The van der Waals surface area contributed by atoms with E-state index in [1.165, 1.54) is 10.6 Å². The smallest absolute Gasteiger partial charge is 0.430 e. The minimum absolute atomic E-state index is 0.377. The van der Waals surface area contributed by atoms with Gasteiger partial charge in [0.2, 0.25) is 0 Å². The van der Waals surface area contributed by atoms with E-state index < -0.39 is 0 Å². The fraction of sp³-hybridized carbons (Fsp3) is 0.273. The fourth-order valence-electron chi connectivity index (χ4n) is 1.28. The summed E-state index contributed by atoms with van der Waals surface area (Å²) in [7, 11) is 0. The molecule has 1 aliphatic heterocycles. The number of cyclic esters (lactones) is 1. The molecule has 0 N–H and O–H groups in total. The summed E-state index contributed by atoms with van der Waals surface area (Å²) in [5, 5.41) is 5.36. The van der Waals surface area contributed by atoms with Gasteiger partial charge in [-0.15, -0.1) is 0 Å². The monoisotopic (exact) mass is 204 g/mol. The third-order valence-electron chi connectivity index (χ3n) is 2.16. The lowest BCUT2D eigenvalue weighted by atomic mass is 10.2. The first-order valence-electron chi connectivity index (χ1n) is 4.80. The van der Waals surface area contributed by atoms with E-state index in [4.69, 9.17) is 4.74 Å². The van der Waals surface area contributed by atoms with Gasteiger partial charge < -0.3 is 4.74 Å². The van der Waals surface area contributed by atoms with Crippen LogP contribution >= 0.6 is 0 Å². The van der Waals surface area contributed by atoms with Crippen LogP contribution in [0.15, 0.2) is 29.4 Å². The number of hydrazone groups is 1. The predicted molar refractivity (Wildman–Crippen MR) is 56.8 cm³/mol. The lowest BCUT2D eigenvalue weighted by molar-refractivity contribution is 0.159. The van der Waals surface area contributed by atoms with Gasteiger partial charge in [-0.2, -0.15) is 10.1 Å². The predicted octanol–water partition coefficient (Wildman–Crippen LogP) is 1.78. The summed E-state index contributed by atoms with van der Waals surface area (Å²) in [6.45, 7) is 2.98. The molecule has 0 spiro atoms. The standard InChI is InChI=1S/C11H12N2O2/c1-9-2-4-10(5-3-9)8-12-13-6-7-15-11(13)14/h2-5,8H,6-7H2,1H3/b12-8+. The first-order valence-corrected chi connectivity index (χ1v) is 4.80. The number of carbonyl (C=O) groups excluding carboxylic acids is 1. The van der Waals surface area contributed by atoms with Crippen molar-refractivity contribution in [2.45, 2.75) is 6.92 Å². The van der Waals surface area contributed by atoms with E-state index in [1.807, 2.05) is 31.2 Å². The van der Waals surface area contributed by atoms with E-state index in [9.17, 15) is 4.79 Å². The second-order valence-corrected chi connectivity index (χ2v) is 3.39. The molecule has 1 aromatic carbocycles. The molecule has 1 heterocycles. The largest absolute Gasteiger partial charge is 0.446 e. The van der Waals surface area contributed by atoms with Gasteiger partial charge in [-0.05, 0) is 12.5 Å². The van der Waals surface area contributed by atoms with Crippen LogP contribution in [0.4, 0.5) is 4.79 Å². The number of ether oxygens (including phenoxy) is 1. The maximum absolute atomic E-state index is 11.0. The second kappa shape index (κ2) is 4.13. The molecule has 0 aromatic heterocycles. The summed E-state index contributed by atoms with van der Waals surface area (Å²) in [4.78, 5) is 11.0. The first kappa shape index (κ1) is 9.71. The van der Waals surface area contributed by atoms with Gasteiger partial charge in [-0.25, -0.2) is 4.79 Å². The molecule has 0 radical (unpaired) electrons. The molecule has 1 saturated heterocycles. The van der Waals surface area contributed by atoms with Crippen molar-refractivity contribution in [3.05, 3.63) is 35.4 Å². The third kappa shape index (κ3) is 2.34. The molecule has 78 valence electrons. The van der Waals surface area contributed by atoms with Crippen molar-refractivity contribution in [3.63, 3.8) is 0 Å². The summed E-state index contributed by atoms with van der Waals surface area (Å²) in [5.74, 6) is 0. The number of amides is 1. The van der Waals surface area contributed by atoms with Crippen LogP contribution in [0.3, 0.4) is 0 Å². The van der Waals surface area contributed by atoms with Crippen LogP contribution in [0.5, 0.6) is 0 Å². The Labute approximate surface area is 88.2 Å². The van der Waals surface area contributed by atoms with Gasteiger partial charge in [0.1, 0.15) is 6.61 Å². The van der Waals surface area contributed by atoms with E-state index in [1.54, 1.807) is 6.21 Å². The third-order valence-corrected chi connectivity index (χ3v) is 2.16. The lowest BCUT2D eigenvalue weighted by Gasteiger charge is -2.03. The van der Waals surface area contributed by atoms with Gasteiger partial charge in [0.05, 0.1) is 12.8 Å². The molecule has 15 heavy (non-hydrogen) atoms. The lowest BCUT2D eigenvalue weighted by Crippen LogP contribution is -2.17. The highest BCUT2D eigenvalue weighted by atomic mass is 16.6. The summed E-state index contributed by atoms with van der Waals surface area (Å²) in [6.07, 6.45) is 1.28. The summed E-state index contributed by atoms with van der Waals surface area (Å²) in [5.41, 5.74) is 2.17. The summed E-state index contributed by atoms with van der Waals surface area (Å²) < 4.78 is 4.75. The maximum atomic E-state index is 11.0. The highest BCUT2D eigenvalue weighted by molar-refractivity contribution is 5.81. The molecule has 1 amide bonds. The molecular weight excluding hydrogens is 192 g/mol. The topological polar surface area (TPSA) is 41.9 Å². The minimum Gasteiger partial charge on any atom is -0.446 e. The van der Waals surface area contributed by atoms with Gasteiger partial charge >= 0.3 is 6.09 Å². The molecule has 0 saturated carbocycles. The first-order chi connectivity index (χ1) is 7.25. The summed E-state index contributed by atoms with van der Waals surface area (Å²) in [6, 6.07) is 7.92. The average Bonchev–Trinajstić information content (AvgIpc) is 2.63. The Morgan fingerprint density at radius 3 is 2.73 bits per heavy atom. The Hall–Kier alpha value is -1.84. The molecule has 0 bridgehead atoms. The zero-order valence-electron chi connectivity index (χ0n) is 8.51. The zero-order valence-corrected chi connectivity index (χ0v) is 8.51. The van der Waals surface area contributed by atoms with E-state index in [0.717, 1.165) is 5.56 Å². The number of benzene rings is 1. The molecule has 1 aromatic rings. The highest BCUT2D eigenvalue weighted by Crippen LogP contribution is 2.05. The zero-order chi connectivity index (χ0) is 10.7. The minimum atomic E-state index is -0.377. The van der Waals surface area contributed by atoms with Crippen molar-refractivity contribution in [1.29, 1.82) is 0 Å². The van der Waals surface area contributed by atoms with Gasteiger partial charge in [-0.3, -0.25) is 0 Å². The van der Waals surface area contributed by atoms with Gasteiger partial charge in [0.25, 0.3) is 0 Å². The van der Waals surface area contributed by atoms with Gasteiger partial charge in [0, 0.05) is 0 Å². The fourth-order valence-corrected chi connectivity index (χ4v) is 1.28. The van der Waals surface area contributed by atoms with E-state index >= 15 is 0 Å². The summed E-state index contributed by atoms with van der Waals surface area (Å²) >= 11 is 0. The molecule has 4 nitrogen and oxygen atoms in total. The molecule has 0 aliphatic carbocycles. The molecule has 1 aliphatic rings. The Morgan fingerprint density at radius 1 is 1.40 bits per heavy atom. The molecular formula is C11H12N2O2. The van der Waals surface area contributed by atoms with Crippen LogP contribution in [-0.2, 0) is 4.74 Å². The van der Waals surface area contributed by atoms with Crippen molar-refractivity contribution in [1.82, 2.24) is 5.01 Å². The van der Waals surface area contributed by atoms with Crippen LogP contribution in [0.2, 0.25) is 0 Å². The quantitative estimate of drug-likeness (QED) is 0.689. The number of rotatable bonds is 2. The second-order valence-electron chi connectivity index (χ2n) is 3.39. The average molecular weight is 204 g/mol. The Balaban J connectivity index is 2.04. The molecule has 4 heteroatoms. The van der Waals surface area contributed by atoms with Crippen molar-refractivity contribution in [3.8, 4) is 0 Å². The van der Waals surface area contributed by atoms with E-state index in [2.05, 4.69) is 5.10 Å². The normalized spacial score (nSPS) is 16.1. The highest BCUT2D eigenvalue weighted by Gasteiger charge is 2.20. The SMILES string of the molecule is Cc1ccc(/C=N/N2CCOC2=O)cc1. The van der Waals surface area contributed by atoms with Crippen molar-refractivity contribution < 1.29 is 9.53 Å². The van der Waals surface area contributed by atoms with Crippen LogP contribution in [0, 0.1) is 6.92 Å². The Kier molecular flexibility index (Phi) is 2.67. The number of hydrogen-bond acceptors (Lipinski definition) is 3. The van der Waals surface area contributed by atoms with Crippen LogP contribution in [-0.4, -0.2) is 30.5 Å². The van der Waals surface area contributed by atoms with Crippen LogP contribution in [0.1, 0.15) is 11.1 Å². The van der Waals surface area contributed by atoms with E-state index in [0.29, 0.717) is 13.2 Å². The molecule has 2 rings (SSSR count). The number of carbonyl (C=O) groups is 1. The number of aryl methyl sites for hydroxylation is 1. The van der Waals surface area contributed by atoms with Gasteiger partial charge in [-0.1, -0.05) is 29.8 Å². The van der Waals surface area contributed by atoms with E-state index in [-0.39, 0.29) is 6.09 Å². The molecule has 0 unspecified atom stereocenters. The number of hydrogen-bond donors (Lipinski definition) is 0. The van der Waals surface area contributed by atoms with Crippen molar-refractivity contribution in [2.24, 2.45) is 5.10 Å². The van der Waals surface area contributed by atoms with Crippen molar-refractivity contribution >= 4 is 12.3 Å². The molecule has 0 atom stereocenters. The number of nitrogens with zero attached hydrogens (tertiary/aromatic N) is 2.